The molecule has 0 spiro atoms. The highest BCUT2D eigenvalue weighted by Gasteiger charge is 2.54. The predicted molar refractivity (Wildman–Crippen MR) is 114 cm³/mol. The Morgan fingerprint density at radius 2 is 1.69 bits per heavy atom. The third-order valence-electron chi connectivity index (χ3n) is 7.51. The molecule has 4 fully saturated rings. The Balaban J connectivity index is 1.43. The summed E-state index contributed by atoms with van der Waals surface area (Å²) in [6.45, 7) is 0.963. The number of nitriles is 1. The number of hydrogen-bond donors (Lipinski definition) is 1. The van der Waals surface area contributed by atoms with Gasteiger partial charge < -0.3 is 15.0 Å². The van der Waals surface area contributed by atoms with Crippen molar-refractivity contribution >= 4 is 21.7 Å². The molecule has 2 amide bonds. The number of nitrogens with zero attached hydrogens (tertiary/aromatic N) is 2. The molecule has 2 aliphatic heterocycles. The second-order valence-electron chi connectivity index (χ2n) is 9.52. The minimum Gasteiger partial charge on any atom is -0.377 e. The van der Waals surface area contributed by atoms with Gasteiger partial charge in [-0.05, 0) is 50.7 Å². The summed E-state index contributed by atoms with van der Waals surface area (Å²) in [4.78, 5) is 28.9. The molecule has 32 heavy (non-hydrogen) atoms. The summed E-state index contributed by atoms with van der Waals surface area (Å²) in [5, 5.41) is 11.4. The van der Waals surface area contributed by atoms with E-state index in [-0.39, 0.29) is 41.6 Å². The van der Waals surface area contributed by atoms with E-state index in [2.05, 4.69) is 11.4 Å². The molecule has 1 aromatic carbocycles. The molecule has 5 atom stereocenters. The lowest BCUT2D eigenvalue weighted by molar-refractivity contribution is -0.149. The fraction of sp³-hybridized carbons (Fsp3) is 0.609. The third kappa shape index (κ3) is 3.59. The number of nitrogens with one attached hydrogen (secondary N) is 1. The Bertz CT molecular complexity index is 1050. The van der Waals surface area contributed by atoms with E-state index in [9.17, 15) is 23.3 Å². The van der Waals surface area contributed by atoms with Crippen molar-refractivity contribution in [3.05, 3.63) is 30.3 Å². The fourth-order valence-corrected chi connectivity index (χ4v) is 7.35. The van der Waals surface area contributed by atoms with Crippen LogP contribution in [-0.2, 0) is 24.2 Å². The van der Waals surface area contributed by atoms with Gasteiger partial charge in [0.1, 0.15) is 5.54 Å². The number of sulfone groups is 1. The maximum absolute atomic E-state index is 13.7. The molecule has 2 unspecified atom stereocenters. The summed E-state index contributed by atoms with van der Waals surface area (Å²) >= 11 is 0. The topological polar surface area (TPSA) is 117 Å². The maximum atomic E-state index is 13.7. The van der Waals surface area contributed by atoms with Gasteiger partial charge in [0.15, 0.2) is 9.84 Å². The molecule has 0 radical (unpaired) electrons. The van der Waals surface area contributed by atoms with E-state index >= 15 is 0 Å². The van der Waals surface area contributed by atoms with Crippen LogP contribution < -0.4 is 5.32 Å². The Kier molecular flexibility index (Phi) is 5.25. The van der Waals surface area contributed by atoms with Gasteiger partial charge >= 0.3 is 0 Å². The van der Waals surface area contributed by atoms with Crippen LogP contribution in [0, 0.1) is 23.2 Å². The van der Waals surface area contributed by atoms with Crippen molar-refractivity contribution in [2.45, 2.75) is 66.3 Å². The number of morpholine rings is 1. The maximum Gasteiger partial charge on any atom is 0.227 e. The lowest BCUT2D eigenvalue weighted by atomic mass is 9.92. The summed E-state index contributed by atoms with van der Waals surface area (Å²) in [7, 11) is -3.69. The molecule has 2 aliphatic carbocycles. The van der Waals surface area contributed by atoms with Gasteiger partial charge in [0.2, 0.25) is 11.8 Å². The first-order valence-corrected chi connectivity index (χ1v) is 12.8. The van der Waals surface area contributed by atoms with Gasteiger partial charge in [-0.1, -0.05) is 18.2 Å². The second kappa shape index (κ2) is 7.85. The highest BCUT2D eigenvalue weighted by molar-refractivity contribution is 7.92. The minimum absolute atomic E-state index is 0.0105. The van der Waals surface area contributed by atoms with Crippen LogP contribution in [0.25, 0.3) is 0 Å². The molecule has 2 bridgehead atoms. The first-order valence-electron chi connectivity index (χ1n) is 11.3. The predicted octanol–water partition coefficient (Wildman–Crippen LogP) is 1.42. The van der Waals surface area contributed by atoms with Crippen LogP contribution >= 0.6 is 0 Å². The number of ether oxygens (including phenoxy) is 1. The summed E-state index contributed by atoms with van der Waals surface area (Å²) in [6.07, 6.45) is 3.09. The number of fused-ring (bicyclic) bond motifs is 2. The summed E-state index contributed by atoms with van der Waals surface area (Å²) in [5.74, 6) is -2.00. The van der Waals surface area contributed by atoms with Gasteiger partial charge in [0.25, 0.3) is 0 Å². The molecule has 1 aromatic rings. The fourth-order valence-electron chi connectivity index (χ4n) is 5.51. The molecule has 170 valence electrons. The molecule has 2 heterocycles. The second-order valence-corrected chi connectivity index (χ2v) is 11.7. The third-order valence-corrected chi connectivity index (χ3v) is 9.70. The lowest BCUT2D eigenvalue weighted by Crippen LogP contribution is -2.53. The molecule has 9 heteroatoms. The van der Waals surface area contributed by atoms with Crippen LogP contribution in [-0.4, -0.2) is 61.2 Å². The highest BCUT2D eigenvalue weighted by Crippen LogP contribution is 2.43. The number of amides is 2. The van der Waals surface area contributed by atoms with E-state index in [0.29, 0.717) is 26.1 Å². The minimum atomic E-state index is -3.69. The van der Waals surface area contributed by atoms with Gasteiger partial charge in [0.05, 0.1) is 53.3 Å². The van der Waals surface area contributed by atoms with E-state index < -0.39 is 32.5 Å². The molecular weight excluding hydrogens is 430 g/mol. The summed E-state index contributed by atoms with van der Waals surface area (Å²) in [6, 6.07) is 10.3. The Labute approximate surface area is 187 Å². The van der Waals surface area contributed by atoms with Gasteiger partial charge in [-0.25, -0.2) is 8.42 Å². The normalized spacial score (nSPS) is 32.8. The molecule has 4 aliphatic rings. The molecule has 2 saturated heterocycles. The van der Waals surface area contributed by atoms with Crippen molar-refractivity contribution in [1.29, 1.82) is 5.26 Å². The standard InChI is InChI=1S/C23H27N3O5S/c24-14-23(8-9-23)25-21(27)19-10-18(32(29,30)17-4-2-1-3-5-17)11-20(19)22(28)26-15-6-7-16(26)13-31-12-15/h1-5,15-16,18-20H,6-13H2,(H,25,27)/t15?,16?,18-,19-,20-/m1/s1. The van der Waals surface area contributed by atoms with Crippen molar-refractivity contribution in [1.82, 2.24) is 10.2 Å². The van der Waals surface area contributed by atoms with E-state index in [1.165, 1.54) is 0 Å². The Hall–Kier alpha value is -2.44. The van der Waals surface area contributed by atoms with Crippen molar-refractivity contribution in [3.8, 4) is 6.07 Å². The number of carbonyl (C=O) groups excluding carboxylic acids is 2. The van der Waals surface area contributed by atoms with Crippen LogP contribution in [0.4, 0.5) is 0 Å². The van der Waals surface area contributed by atoms with Crippen LogP contribution in [0.15, 0.2) is 35.2 Å². The number of hydrogen-bond acceptors (Lipinski definition) is 6. The van der Waals surface area contributed by atoms with Gasteiger partial charge in [-0.2, -0.15) is 5.26 Å². The number of benzene rings is 1. The van der Waals surface area contributed by atoms with Crippen molar-refractivity contribution < 1.29 is 22.7 Å². The zero-order valence-corrected chi connectivity index (χ0v) is 18.6. The number of rotatable bonds is 5. The summed E-state index contributed by atoms with van der Waals surface area (Å²) < 4.78 is 32.2. The smallest absolute Gasteiger partial charge is 0.227 e. The van der Waals surface area contributed by atoms with Gasteiger partial charge in [-0.15, -0.1) is 0 Å². The van der Waals surface area contributed by atoms with Gasteiger partial charge in [-0.3, -0.25) is 9.59 Å². The van der Waals surface area contributed by atoms with Gasteiger partial charge in [0, 0.05) is 0 Å². The zero-order valence-electron chi connectivity index (χ0n) is 17.8. The molecule has 1 N–H and O–H groups in total. The molecule has 5 rings (SSSR count). The average molecular weight is 458 g/mol. The van der Waals surface area contributed by atoms with Crippen molar-refractivity contribution in [3.63, 3.8) is 0 Å². The summed E-state index contributed by atoms with van der Waals surface area (Å²) in [5.41, 5.74) is -0.862. The van der Waals surface area contributed by atoms with E-state index in [4.69, 9.17) is 4.74 Å². The van der Waals surface area contributed by atoms with Crippen LogP contribution in [0.5, 0.6) is 0 Å². The van der Waals surface area contributed by atoms with E-state index in [1.54, 1.807) is 30.3 Å². The van der Waals surface area contributed by atoms with Crippen molar-refractivity contribution in [2.24, 2.45) is 11.8 Å². The first kappa shape index (κ1) is 21.4. The largest absolute Gasteiger partial charge is 0.377 e. The van der Waals surface area contributed by atoms with Crippen LogP contribution in [0.2, 0.25) is 0 Å². The Morgan fingerprint density at radius 1 is 1.06 bits per heavy atom. The Morgan fingerprint density at radius 3 is 2.28 bits per heavy atom. The van der Waals surface area contributed by atoms with Crippen molar-refractivity contribution in [2.75, 3.05) is 13.2 Å². The lowest BCUT2D eigenvalue weighted by Gasteiger charge is -2.37. The first-order chi connectivity index (χ1) is 15.3. The van der Waals surface area contributed by atoms with E-state index in [1.807, 2.05) is 4.90 Å². The quantitative estimate of drug-likeness (QED) is 0.715. The number of carbonyl (C=O) groups is 2. The molecule has 2 saturated carbocycles. The SMILES string of the molecule is N#CC1(NC(=O)[C@@H]2C[C@@H](S(=O)(=O)c3ccccc3)C[C@H]2C(=O)N2C3CCC2COC3)CC1. The zero-order chi connectivity index (χ0) is 22.5. The monoisotopic (exact) mass is 457 g/mol. The average Bonchev–Trinajstić information content (AvgIpc) is 3.33. The van der Waals surface area contributed by atoms with E-state index in [0.717, 1.165) is 12.8 Å². The molecular formula is C23H27N3O5S. The highest BCUT2D eigenvalue weighted by atomic mass is 32.2. The molecule has 8 nitrogen and oxygen atoms in total. The van der Waals surface area contributed by atoms with Crippen LogP contribution in [0.3, 0.4) is 0 Å². The van der Waals surface area contributed by atoms with Crippen LogP contribution in [0.1, 0.15) is 38.5 Å². The molecule has 0 aromatic heterocycles.